The Morgan fingerprint density at radius 3 is 2.78 bits per heavy atom. The molecule has 118 valence electrons. The zero-order valence-electron chi connectivity index (χ0n) is 12.7. The number of ether oxygens (including phenoxy) is 1. The van der Waals surface area contributed by atoms with Gasteiger partial charge in [0.25, 0.3) is 0 Å². The number of hydrogen-bond donors (Lipinski definition) is 0. The van der Waals surface area contributed by atoms with Crippen LogP contribution in [0.15, 0.2) is 58.3 Å². The first kappa shape index (κ1) is 15.8. The van der Waals surface area contributed by atoms with Gasteiger partial charge in [-0.25, -0.2) is 0 Å². The molecule has 0 radical (unpaired) electrons. The van der Waals surface area contributed by atoms with Crippen molar-refractivity contribution in [3.8, 4) is 5.75 Å². The van der Waals surface area contributed by atoms with Gasteiger partial charge in [-0.15, -0.1) is 6.58 Å². The first-order chi connectivity index (χ1) is 11.3. The lowest BCUT2D eigenvalue weighted by molar-refractivity contribution is 0.317. The van der Waals surface area contributed by atoms with Crippen LogP contribution in [0, 0.1) is 0 Å². The van der Waals surface area contributed by atoms with Crippen LogP contribution < -0.4 is 10.2 Å². The molecule has 1 aromatic heterocycles. The predicted molar refractivity (Wildman–Crippen MR) is 97.8 cm³/mol. The van der Waals surface area contributed by atoms with Crippen LogP contribution in [-0.2, 0) is 6.42 Å². The molecular weight excluding hydrogens is 356 g/mol. The first-order valence-corrected chi connectivity index (χ1v) is 8.65. The molecule has 4 heteroatoms. The molecule has 23 heavy (non-hydrogen) atoms. The fraction of sp³-hybridized carbons (Fsp3) is 0.211. The maximum absolute atomic E-state index is 12.9. The van der Waals surface area contributed by atoms with Gasteiger partial charge in [0.05, 0.1) is 17.4 Å². The fourth-order valence-electron chi connectivity index (χ4n) is 2.66. The van der Waals surface area contributed by atoms with E-state index in [1.807, 2.05) is 24.3 Å². The van der Waals surface area contributed by atoms with E-state index in [0.717, 1.165) is 23.1 Å². The molecule has 0 bridgehead atoms. The maximum atomic E-state index is 12.9. The number of allylic oxidation sites excluding steroid dienone is 1. The van der Waals surface area contributed by atoms with Crippen molar-refractivity contribution >= 4 is 37.9 Å². The van der Waals surface area contributed by atoms with E-state index < -0.39 is 0 Å². The Bertz CT molecular complexity index is 912. The van der Waals surface area contributed by atoms with Crippen molar-refractivity contribution in [2.24, 2.45) is 0 Å². The average molecular weight is 373 g/mol. The van der Waals surface area contributed by atoms with Crippen LogP contribution in [0.2, 0.25) is 0 Å². The Balaban J connectivity index is 2.25. The number of hydrogen-bond acceptors (Lipinski definition) is 3. The summed E-state index contributed by atoms with van der Waals surface area (Å²) in [5.74, 6) is 0.723. The standard InChI is InChI=1S/C19H17BrO3/c1-2-6-13-15(22-12-5-11-20)9-10-17-18(13)19(21)14-7-3-4-8-16(14)23-17/h2-4,7-10H,1,5-6,11-12H2. The largest absolute Gasteiger partial charge is 0.493 e. The van der Waals surface area contributed by atoms with Gasteiger partial charge in [-0.1, -0.05) is 34.1 Å². The third-order valence-electron chi connectivity index (χ3n) is 3.69. The fourth-order valence-corrected chi connectivity index (χ4v) is 2.89. The molecule has 0 aliphatic rings. The van der Waals surface area contributed by atoms with Crippen molar-refractivity contribution in [2.75, 3.05) is 11.9 Å². The molecule has 3 nitrogen and oxygen atoms in total. The van der Waals surface area contributed by atoms with E-state index in [2.05, 4.69) is 22.5 Å². The summed E-state index contributed by atoms with van der Waals surface area (Å²) in [7, 11) is 0. The number of fused-ring (bicyclic) bond motifs is 2. The molecule has 0 N–H and O–H groups in total. The van der Waals surface area contributed by atoms with Crippen molar-refractivity contribution in [3.63, 3.8) is 0 Å². The minimum atomic E-state index is -0.0235. The highest BCUT2D eigenvalue weighted by molar-refractivity contribution is 9.09. The Labute approximate surface area is 142 Å². The van der Waals surface area contributed by atoms with Gasteiger partial charge >= 0.3 is 0 Å². The Kier molecular flexibility index (Phi) is 4.82. The molecule has 0 aliphatic carbocycles. The molecule has 0 amide bonds. The van der Waals surface area contributed by atoms with Crippen LogP contribution in [0.4, 0.5) is 0 Å². The van der Waals surface area contributed by atoms with E-state index in [-0.39, 0.29) is 5.43 Å². The number of rotatable bonds is 6. The second-order valence-corrected chi connectivity index (χ2v) is 6.02. The lowest BCUT2D eigenvalue weighted by Crippen LogP contribution is -2.08. The van der Waals surface area contributed by atoms with Crippen LogP contribution in [0.3, 0.4) is 0 Å². The molecular formula is C19H17BrO3. The molecule has 1 heterocycles. The maximum Gasteiger partial charge on any atom is 0.200 e. The van der Waals surface area contributed by atoms with Crippen molar-refractivity contribution < 1.29 is 9.15 Å². The molecule has 0 aliphatic heterocycles. The summed E-state index contributed by atoms with van der Waals surface area (Å²) in [6.45, 7) is 4.39. The van der Waals surface area contributed by atoms with E-state index in [0.29, 0.717) is 35.0 Å². The second kappa shape index (κ2) is 7.01. The van der Waals surface area contributed by atoms with Gasteiger partial charge in [0.15, 0.2) is 0 Å². The summed E-state index contributed by atoms with van der Waals surface area (Å²) in [6.07, 6.45) is 3.24. The van der Waals surface area contributed by atoms with Gasteiger partial charge in [-0.2, -0.15) is 0 Å². The Morgan fingerprint density at radius 2 is 2.00 bits per heavy atom. The summed E-state index contributed by atoms with van der Waals surface area (Å²) in [5, 5.41) is 2.05. The van der Waals surface area contributed by atoms with Crippen molar-refractivity contribution in [1.82, 2.24) is 0 Å². The highest BCUT2D eigenvalue weighted by atomic mass is 79.9. The SMILES string of the molecule is C=CCc1c(OCCCBr)ccc2oc3ccccc3c(=O)c12. The lowest BCUT2D eigenvalue weighted by atomic mass is 10.0. The second-order valence-electron chi connectivity index (χ2n) is 5.23. The molecule has 0 spiro atoms. The van der Waals surface area contributed by atoms with Crippen molar-refractivity contribution in [1.29, 1.82) is 0 Å². The van der Waals surface area contributed by atoms with E-state index in [1.54, 1.807) is 18.2 Å². The number of benzene rings is 2. The smallest absolute Gasteiger partial charge is 0.200 e. The summed E-state index contributed by atoms with van der Waals surface area (Å²) < 4.78 is 11.7. The van der Waals surface area contributed by atoms with Gasteiger partial charge in [-0.05, 0) is 37.1 Å². The lowest BCUT2D eigenvalue weighted by Gasteiger charge is -2.12. The molecule has 0 saturated heterocycles. The minimum absolute atomic E-state index is 0.0235. The zero-order chi connectivity index (χ0) is 16.2. The van der Waals surface area contributed by atoms with Gasteiger partial charge in [-0.3, -0.25) is 4.79 Å². The van der Waals surface area contributed by atoms with Gasteiger partial charge in [0, 0.05) is 10.9 Å². The Hall–Kier alpha value is -2.07. The molecule has 0 unspecified atom stereocenters. The molecule has 0 atom stereocenters. The molecule has 0 saturated carbocycles. The van der Waals surface area contributed by atoms with Gasteiger partial charge in [0.1, 0.15) is 16.9 Å². The minimum Gasteiger partial charge on any atom is -0.493 e. The number of para-hydroxylation sites is 1. The third-order valence-corrected chi connectivity index (χ3v) is 4.26. The van der Waals surface area contributed by atoms with Crippen molar-refractivity contribution in [2.45, 2.75) is 12.8 Å². The van der Waals surface area contributed by atoms with Crippen LogP contribution in [-0.4, -0.2) is 11.9 Å². The summed E-state index contributed by atoms with van der Waals surface area (Å²) >= 11 is 3.39. The summed E-state index contributed by atoms with van der Waals surface area (Å²) in [5.41, 5.74) is 2.00. The molecule has 3 aromatic rings. The summed E-state index contributed by atoms with van der Waals surface area (Å²) in [6, 6.07) is 11.0. The topological polar surface area (TPSA) is 39.4 Å². The van der Waals surface area contributed by atoms with E-state index in [9.17, 15) is 4.79 Å². The van der Waals surface area contributed by atoms with Crippen LogP contribution in [0.25, 0.3) is 21.9 Å². The predicted octanol–water partition coefficient (Wildman–Crippen LogP) is 4.84. The third kappa shape index (κ3) is 3.04. The average Bonchev–Trinajstić information content (AvgIpc) is 2.57. The van der Waals surface area contributed by atoms with Crippen LogP contribution in [0.5, 0.6) is 5.75 Å². The number of halogens is 1. The van der Waals surface area contributed by atoms with Crippen LogP contribution >= 0.6 is 15.9 Å². The molecule has 0 fully saturated rings. The first-order valence-electron chi connectivity index (χ1n) is 7.53. The van der Waals surface area contributed by atoms with Gasteiger partial charge in [0.2, 0.25) is 5.43 Å². The van der Waals surface area contributed by atoms with E-state index in [1.165, 1.54) is 0 Å². The van der Waals surface area contributed by atoms with E-state index >= 15 is 0 Å². The highest BCUT2D eigenvalue weighted by Crippen LogP contribution is 2.29. The molecule has 3 rings (SSSR count). The zero-order valence-corrected chi connectivity index (χ0v) is 14.3. The Morgan fingerprint density at radius 1 is 1.17 bits per heavy atom. The molecule has 2 aromatic carbocycles. The van der Waals surface area contributed by atoms with Crippen molar-refractivity contribution in [3.05, 3.63) is 64.8 Å². The normalized spacial score (nSPS) is 11.0. The van der Waals surface area contributed by atoms with Gasteiger partial charge < -0.3 is 9.15 Å². The monoisotopic (exact) mass is 372 g/mol. The van der Waals surface area contributed by atoms with E-state index in [4.69, 9.17) is 9.15 Å². The summed E-state index contributed by atoms with van der Waals surface area (Å²) in [4.78, 5) is 12.9. The van der Waals surface area contributed by atoms with Crippen LogP contribution in [0.1, 0.15) is 12.0 Å². The number of alkyl halides is 1. The quantitative estimate of drug-likeness (QED) is 0.269. The highest BCUT2D eigenvalue weighted by Gasteiger charge is 2.15.